The summed E-state index contributed by atoms with van der Waals surface area (Å²) in [5.41, 5.74) is 9.29. The molecule has 0 radical (unpaired) electrons. The SMILES string of the molecule is Cl.N=C(N)c1ccc(CNC(CO)C(=O)NCC(=O)NCCC(c2ccccc2)c2ccccc2)cc1. The lowest BCUT2D eigenvalue weighted by atomic mass is 9.88. The molecule has 3 rings (SSSR count). The van der Waals surface area contributed by atoms with Crippen LogP contribution >= 0.6 is 12.4 Å². The van der Waals surface area contributed by atoms with E-state index in [0.29, 0.717) is 18.7 Å². The molecule has 0 saturated heterocycles. The van der Waals surface area contributed by atoms with Crippen molar-refractivity contribution in [3.8, 4) is 0 Å². The summed E-state index contributed by atoms with van der Waals surface area (Å²) in [5, 5.41) is 25.5. The number of hydrogen-bond acceptors (Lipinski definition) is 5. The van der Waals surface area contributed by atoms with Crippen LogP contribution < -0.4 is 21.7 Å². The van der Waals surface area contributed by atoms with Crippen molar-refractivity contribution in [3.63, 3.8) is 0 Å². The lowest BCUT2D eigenvalue weighted by Crippen LogP contribution is -2.48. The van der Waals surface area contributed by atoms with Crippen LogP contribution in [-0.2, 0) is 16.1 Å². The number of nitrogens with two attached hydrogens (primary N) is 1. The minimum Gasteiger partial charge on any atom is -0.394 e. The largest absolute Gasteiger partial charge is 0.394 e. The second kappa shape index (κ2) is 15.4. The van der Waals surface area contributed by atoms with Crippen molar-refractivity contribution in [1.82, 2.24) is 16.0 Å². The molecular formula is C28H34ClN5O3. The van der Waals surface area contributed by atoms with Crippen LogP contribution in [0.4, 0.5) is 0 Å². The van der Waals surface area contributed by atoms with Crippen LogP contribution in [0.3, 0.4) is 0 Å². The van der Waals surface area contributed by atoms with Crippen molar-refractivity contribution >= 4 is 30.1 Å². The molecule has 2 amide bonds. The zero-order valence-corrected chi connectivity index (χ0v) is 21.3. The van der Waals surface area contributed by atoms with Gasteiger partial charge in [0.25, 0.3) is 0 Å². The fourth-order valence-corrected chi connectivity index (χ4v) is 3.89. The predicted octanol–water partition coefficient (Wildman–Crippen LogP) is 2.30. The number of carbonyl (C=O) groups excluding carboxylic acids is 2. The van der Waals surface area contributed by atoms with Gasteiger partial charge in [-0.3, -0.25) is 20.3 Å². The molecule has 0 aliphatic heterocycles. The Morgan fingerprint density at radius 1 is 0.865 bits per heavy atom. The third-order valence-electron chi connectivity index (χ3n) is 5.90. The molecule has 0 heterocycles. The van der Waals surface area contributed by atoms with Crippen molar-refractivity contribution in [2.24, 2.45) is 5.73 Å². The number of hydrogen-bond donors (Lipinski definition) is 6. The minimum atomic E-state index is -0.856. The van der Waals surface area contributed by atoms with Gasteiger partial charge in [-0.05, 0) is 23.1 Å². The van der Waals surface area contributed by atoms with E-state index < -0.39 is 18.6 Å². The molecule has 0 aromatic heterocycles. The summed E-state index contributed by atoms with van der Waals surface area (Å²) >= 11 is 0. The highest BCUT2D eigenvalue weighted by atomic mass is 35.5. The second-order valence-corrected chi connectivity index (χ2v) is 8.46. The van der Waals surface area contributed by atoms with Gasteiger partial charge in [0.1, 0.15) is 11.9 Å². The van der Waals surface area contributed by atoms with Gasteiger partial charge in [0.2, 0.25) is 11.8 Å². The Hall–Kier alpha value is -3.72. The number of nitrogen functional groups attached to an aromatic ring is 1. The van der Waals surface area contributed by atoms with E-state index in [1.807, 2.05) is 36.4 Å². The average Bonchev–Trinajstić information content (AvgIpc) is 2.91. The molecule has 0 fully saturated rings. The van der Waals surface area contributed by atoms with Crippen LogP contribution in [0.2, 0.25) is 0 Å². The third-order valence-corrected chi connectivity index (χ3v) is 5.90. The Labute approximate surface area is 223 Å². The standard InChI is InChI=1S/C28H33N5O3.ClH/c29-27(30)23-13-11-20(12-14-23)17-32-25(19-34)28(36)33-18-26(35)31-16-15-24(21-7-3-1-4-8-21)22-9-5-2-6-10-22;/h1-14,24-25,32,34H,15-19H2,(H3,29,30)(H,31,35)(H,33,36);1H. The number of rotatable bonds is 13. The Balaban J connectivity index is 0.00000481. The Kier molecular flexibility index (Phi) is 12.3. The molecule has 8 nitrogen and oxygen atoms in total. The number of aliphatic hydroxyl groups is 1. The second-order valence-electron chi connectivity index (χ2n) is 8.46. The Morgan fingerprint density at radius 3 is 1.95 bits per heavy atom. The van der Waals surface area contributed by atoms with E-state index >= 15 is 0 Å². The van der Waals surface area contributed by atoms with E-state index in [1.165, 1.54) is 11.1 Å². The number of nitrogens with one attached hydrogen (secondary N) is 4. The van der Waals surface area contributed by atoms with Gasteiger partial charge in [0.05, 0.1) is 13.2 Å². The molecule has 3 aromatic carbocycles. The molecule has 0 spiro atoms. The number of benzene rings is 3. The average molecular weight is 524 g/mol. The van der Waals surface area contributed by atoms with E-state index in [-0.39, 0.29) is 36.6 Å². The highest BCUT2D eigenvalue weighted by Gasteiger charge is 2.18. The molecule has 0 aliphatic carbocycles. The minimum absolute atomic E-state index is 0. The summed E-state index contributed by atoms with van der Waals surface area (Å²) in [5.74, 6) is -0.620. The van der Waals surface area contributed by atoms with Gasteiger partial charge in [0.15, 0.2) is 0 Å². The lowest BCUT2D eigenvalue weighted by Gasteiger charge is -2.19. The summed E-state index contributed by atoms with van der Waals surface area (Å²) in [6.45, 7) is 0.213. The van der Waals surface area contributed by atoms with E-state index in [9.17, 15) is 14.7 Å². The fourth-order valence-electron chi connectivity index (χ4n) is 3.89. The predicted molar refractivity (Wildman–Crippen MR) is 148 cm³/mol. The molecule has 1 unspecified atom stereocenters. The molecule has 0 bridgehead atoms. The Morgan fingerprint density at radius 2 is 1.43 bits per heavy atom. The first-order valence-corrected chi connectivity index (χ1v) is 11.9. The summed E-state index contributed by atoms with van der Waals surface area (Å²) in [6.07, 6.45) is 0.719. The number of amides is 2. The van der Waals surface area contributed by atoms with Crippen LogP contribution in [0, 0.1) is 5.41 Å². The van der Waals surface area contributed by atoms with Gasteiger partial charge in [-0.15, -0.1) is 12.4 Å². The molecule has 1 atom stereocenters. The summed E-state index contributed by atoms with van der Waals surface area (Å²) in [6, 6.07) is 26.5. The van der Waals surface area contributed by atoms with Gasteiger partial charge in [0, 0.05) is 24.6 Å². The van der Waals surface area contributed by atoms with E-state index in [1.54, 1.807) is 24.3 Å². The van der Waals surface area contributed by atoms with Crippen LogP contribution in [0.5, 0.6) is 0 Å². The maximum atomic E-state index is 12.4. The highest BCUT2D eigenvalue weighted by molar-refractivity contribution is 5.94. The van der Waals surface area contributed by atoms with Gasteiger partial charge in [-0.1, -0.05) is 84.9 Å². The molecule has 0 aliphatic rings. The molecular weight excluding hydrogens is 490 g/mol. The highest BCUT2D eigenvalue weighted by Crippen LogP contribution is 2.27. The normalized spacial score (nSPS) is 11.3. The van der Waals surface area contributed by atoms with Crippen LogP contribution in [0.25, 0.3) is 0 Å². The summed E-state index contributed by atoms with van der Waals surface area (Å²) in [7, 11) is 0. The first kappa shape index (κ1) is 29.5. The van der Waals surface area contributed by atoms with Crippen molar-refractivity contribution in [2.75, 3.05) is 19.7 Å². The fraction of sp³-hybridized carbons (Fsp3) is 0.250. The molecule has 7 N–H and O–H groups in total. The summed E-state index contributed by atoms with van der Waals surface area (Å²) in [4.78, 5) is 24.8. The van der Waals surface area contributed by atoms with Gasteiger partial charge in [-0.2, -0.15) is 0 Å². The van der Waals surface area contributed by atoms with E-state index in [4.69, 9.17) is 11.1 Å². The molecule has 196 valence electrons. The topological polar surface area (TPSA) is 140 Å². The van der Waals surface area contributed by atoms with Crippen LogP contribution in [-0.4, -0.2) is 48.5 Å². The maximum Gasteiger partial charge on any atom is 0.239 e. The number of amidine groups is 1. The van der Waals surface area contributed by atoms with Gasteiger partial charge < -0.3 is 21.5 Å². The molecule has 3 aromatic rings. The summed E-state index contributed by atoms with van der Waals surface area (Å²) < 4.78 is 0. The lowest BCUT2D eigenvalue weighted by molar-refractivity contribution is -0.128. The first-order valence-electron chi connectivity index (χ1n) is 11.9. The van der Waals surface area contributed by atoms with Crippen molar-refractivity contribution in [2.45, 2.75) is 24.9 Å². The van der Waals surface area contributed by atoms with Crippen LogP contribution in [0.15, 0.2) is 84.9 Å². The zero-order valence-electron chi connectivity index (χ0n) is 20.5. The third kappa shape index (κ3) is 9.34. The number of aliphatic hydroxyl groups excluding tert-OH is 1. The van der Waals surface area contributed by atoms with Crippen molar-refractivity contribution in [3.05, 3.63) is 107 Å². The molecule has 0 saturated carbocycles. The van der Waals surface area contributed by atoms with Crippen LogP contribution in [0.1, 0.15) is 34.6 Å². The smallest absolute Gasteiger partial charge is 0.239 e. The molecule has 9 heteroatoms. The zero-order chi connectivity index (χ0) is 25.8. The van der Waals surface area contributed by atoms with Crippen molar-refractivity contribution < 1.29 is 14.7 Å². The number of halogens is 1. The Bertz CT molecular complexity index is 1090. The quantitative estimate of drug-likeness (QED) is 0.151. The van der Waals surface area contributed by atoms with Gasteiger partial charge in [-0.25, -0.2) is 0 Å². The molecule has 37 heavy (non-hydrogen) atoms. The van der Waals surface area contributed by atoms with E-state index in [2.05, 4.69) is 40.2 Å². The van der Waals surface area contributed by atoms with E-state index in [0.717, 1.165) is 12.0 Å². The monoisotopic (exact) mass is 523 g/mol. The first-order chi connectivity index (χ1) is 17.5. The van der Waals surface area contributed by atoms with Gasteiger partial charge >= 0.3 is 0 Å². The number of carbonyl (C=O) groups is 2. The van der Waals surface area contributed by atoms with Crippen molar-refractivity contribution in [1.29, 1.82) is 5.41 Å². The maximum absolute atomic E-state index is 12.4.